The molecule has 5 heterocycles. The summed E-state index contributed by atoms with van der Waals surface area (Å²) in [5.41, 5.74) is 6.21. The van der Waals surface area contributed by atoms with Gasteiger partial charge in [0.25, 0.3) is 0 Å². The minimum Gasteiger partial charge on any atom is -0.453 e. The van der Waals surface area contributed by atoms with Crippen molar-refractivity contribution in [1.29, 1.82) is 0 Å². The molecule has 0 saturated heterocycles. The van der Waals surface area contributed by atoms with Crippen molar-refractivity contribution in [3.05, 3.63) is 52.7 Å². The highest BCUT2D eigenvalue weighted by molar-refractivity contribution is 7.15. The zero-order valence-electron chi connectivity index (χ0n) is 18.1. The molecule has 0 saturated carbocycles. The molecule has 0 atom stereocenters. The number of rotatable bonds is 1. The number of nitrogens with zero attached hydrogens (tertiary/aromatic N) is 3. The summed E-state index contributed by atoms with van der Waals surface area (Å²) in [6.45, 7) is 14.9. The molecule has 5 aromatic heterocycles. The van der Waals surface area contributed by atoms with Gasteiger partial charge in [-0.05, 0) is 54.7 Å². The van der Waals surface area contributed by atoms with Crippen LogP contribution in [-0.4, -0.2) is 14.6 Å². The summed E-state index contributed by atoms with van der Waals surface area (Å²) in [7, 11) is 0. The first-order valence-corrected chi connectivity index (χ1v) is 10.9. The van der Waals surface area contributed by atoms with Gasteiger partial charge in [0.1, 0.15) is 16.8 Å². The first kappa shape index (κ1) is 19.6. The van der Waals surface area contributed by atoms with Crippen molar-refractivity contribution < 1.29 is 4.42 Å². The molecule has 4 nitrogen and oxygen atoms in total. The predicted octanol–water partition coefficient (Wildman–Crippen LogP) is 7.30. The molecule has 0 aliphatic carbocycles. The van der Waals surface area contributed by atoms with Gasteiger partial charge >= 0.3 is 0 Å². The average Bonchev–Trinajstić information content (AvgIpc) is 3.40. The molecule has 150 valence electrons. The molecule has 0 unspecified atom stereocenters. The van der Waals surface area contributed by atoms with Gasteiger partial charge in [-0.2, -0.15) is 5.10 Å². The molecule has 0 fully saturated rings. The number of aryl methyl sites for hydroxylation is 2. The highest BCUT2D eigenvalue weighted by Crippen LogP contribution is 2.40. The number of pyridine rings is 2. The maximum atomic E-state index is 6.36. The molecule has 5 aromatic rings. The van der Waals surface area contributed by atoms with E-state index in [-0.39, 0.29) is 5.41 Å². The molecule has 5 rings (SSSR count). The molecule has 5 heteroatoms. The molecule has 0 spiro atoms. The zero-order valence-corrected chi connectivity index (χ0v) is 18.9. The quantitative estimate of drug-likeness (QED) is 0.294. The summed E-state index contributed by atoms with van der Waals surface area (Å²) >= 11 is 1.74. The molecule has 0 aliphatic heterocycles. The maximum absolute atomic E-state index is 6.36. The Morgan fingerprint density at radius 3 is 2.45 bits per heavy atom. The second-order valence-electron chi connectivity index (χ2n) is 8.16. The van der Waals surface area contributed by atoms with Gasteiger partial charge in [-0.15, -0.1) is 11.3 Å². The van der Waals surface area contributed by atoms with Crippen LogP contribution in [-0.2, 0) is 5.41 Å². The van der Waals surface area contributed by atoms with Gasteiger partial charge in [0.15, 0.2) is 5.58 Å². The van der Waals surface area contributed by atoms with Crippen LogP contribution in [0.2, 0.25) is 0 Å². The van der Waals surface area contributed by atoms with Crippen LogP contribution >= 0.6 is 11.3 Å². The van der Waals surface area contributed by atoms with Gasteiger partial charge in [-0.3, -0.25) is 4.98 Å². The smallest absolute Gasteiger partial charge is 0.163 e. The normalized spacial score (nSPS) is 12.0. The van der Waals surface area contributed by atoms with E-state index in [4.69, 9.17) is 9.40 Å². The molecule has 29 heavy (non-hydrogen) atoms. The van der Waals surface area contributed by atoms with Crippen molar-refractivity contribution >= 4 is 38.9 Å². The second-order valence-corrected chi connectivity index (χ2v) is 9.45. The average molecular weight is 406 g/mol. The molecule has 0 aliphatic rings. The van der Waals surface area contributed by atoms with Crippen molar-refractivity contribution in [3.8, 4) is 10.6 Å². The van der Waals surface area contributed by atoms with E-state index in [0.29, 0.717) is 0 Å². The van der Waals surface area contributed by atoms with E-state index in [1.54, 1.807) is 11.3 Å². The Labute approximate surface area is 175 Å². The molecule has 0 bridgehead atoms. The zero-order chi connectivity index (χ0) is 20.9. The first-order valence-electron chi connectivity index (χ1n) is 10.1. The largest absolute Gasteiger partial charge is 0.453 e. The fraction of sp³-hybridized carbons (Fsp3) is 0.333. The molecule has 0 amide bonds. The Kier molecular flexibility index (Phi) is 4.74. The summed E-state index contributed by atoms with van der Waals surface area (Å²) in [5, 5.41) is 5.73. The third kappa shape index (κ3) is 3.04. The van der Waals surface area contributed by atoms with Crippen LogP contribution in [0.15, 0.2) is 41.1 Å². The number of fused-ring (bicyclic) bond motifs is 6. The summed E-state index contributed by atoms with van der Waals surface area (Å²) in [6, 6.07) is 8.48. The van der Waals surface area contributed by atoms with E-state index >= 15 is 0 Å². The monoisotopic (exact) mass is 405 g/mol. The third-order valence-electron chi connectivity index (χ3n) is 5.08. The highest BCUT2D eigenvalue weighted by atomic mass is 32.1. The van der Waals surface area contributed by atoms with Crippen LogP contribution in [0.1, 0.15) is 50.6 Å². The highest BCUT2D eigenvalue weighted by Gasteiger charge is 2.24. The van der Waals surface area contributed by atoms with E-state index in [0.717, 1.165) is 43.7 Å². The van der Waals surface area contributed by atoms with Gasteiger partial charge in [0.05, 0.1) is 22.0 Å². The van der Waals surface area contributed by atoms with E-state index in [2.05, 4.69) is 64.0 Å². The summed E-state index contributed by atoms with van der Waals surface area (Å²) in [4.78, 5) is 7.15. The lowest BCUT2D eigenvalue weighted by Gasteiger charge is -2.21. The van der Waals surface area contributed by atoms with Crippen molar-refractivity contribution in [3.63, 3.8) is 0 Å². The second kappa shape index (κ2) is 6.99. The Hall–Kier alpha value is -2.66. The molecule has 0 N–H and O–H groups in total. The summed E-state index contributed by atoms with van der Waals surface area (Å²) in [6.07, 6.45) is 3.80. The Morgan fingerprint density at radius 2 is 1.79 bits per heavy atom. The lowest BCUT2D eigenvalue weighted by Crippen LogP contribution is -2.14. The number of furan rings is 1. The summed E-state index contributed by atoms with van der Waals surface area (Å²) in [5.74, 6) is 0.890. The van der Waals surface area contributed by atoms with E-state index in [1.165, 1.54) is 10.4 Å². The number of thiophene rings is 1. The summed E-state index contributed by atoms with van der Waals surface area (Å²) < 4.78 is 8.37. The van der Waals surface area contributed by atoms with Crippen LogP contribution in [0.5, 0.6) is 0 Å². The van der Waals surface area contributed by atoms with Crippen LogP contribution in [0.3, 0.4) is 0 Å². The van der Waals surface area contributed by atoms with Crippen molar-refractivity contribution in [2.24, 2.45) is 0 Å². The van der Waals surface area contributed by atoms with Crippen LogP contribution < -0.4 is 0 Å². The van der Waals surface area contributed by atoms with Gasteiger partial charge in [-0.1, -0.05) is 34.6 Å². The van der Waals surface area contributed by atoms with Crippen molar-refractivity contribution in [2.45, 2.75) is 53.9 Å². The van der Waals surface area contributed by atoms with Gasteiger partial charge in [0, 0.05) is 11.1 Å². The first-order chi connectivity index (χ1) is 13.8. The fourth-order valence-electron chi connectivity index (χ4n) is 3.78. The maximum Gasteiger partial charge on any atom is 0.163 e. The van der Waals surface area contributed by atoms with Crippen LogP contribution in [0.4, 0.5) is 0 Å². The Balaban J connectivity index is 0.000000994. The standard InChI is InChI=1S/C22H21N3OS.C2H6/c1-12-11-24-25-19(12)21-14(10-16(26-21)17-7-6-13(2)27-17)18-20(25)15(8-9-23-18)22(3,4)5;1-2/h6-11H,1-5H3;1-2H3. The third-order valence-corrected chi connectivity index (χ3v) is 6.10. The molecule has 0 aromatic carbocycles. The van der Waals surface area contributed by atoms with E-state index in [1.807, 2.05) is 30.8 Å². The number of aromatic nitrogens is 3. The molecular formula is C24H27N3OS. The minimum absolute atomic E-state index is 0.0148. The van der Waals surface area contributed by atoms with Crippen LogP contribution in [0.25, 0.3) is 38.2 Å². The van der Waals surface area contributed by atoms with Gasteiger partial charge < -0.3 is 4.42 Å². The fourth-order valence-corrected chi connectivity index (χ4v) is 4.60. The van der Waals surface area contributed by atoms with Crippen molar-refractivity contribution in [1.82, 2.24) is 14.6 Å². The van der Waals surface area contributed by atoms with Gasteiger partial charge in [0.2, 0.25) is 0 Å². The number of hydrogen-bond acceptors (Lipinski definition) is 4. The van der Waals surface area contributed by atoms with Crippen molar-refractivity contribution in [2.75, 3.05) is 0 Å². The minimum atomic E-state index is -0.0148. The SMILES string of the molecule is CC.Cc1ccc(-c2cc3c4nccc(C(C)(C)C)c4n4ncc(C)c4c3o2)s1. The van der Waals surface area contributed by atoms with Crippen LogP contribution in [0, 0.1) is 13.8 Å². The lowest BCUT2D eigenvalue weighted by molar-refractivity contribution is 0.592. The lowest BCUT2D eigenvalue weighted by atomic mass is 9.86. The van der Waals surface area contributed by atoms with E-state index in [9.17, 15) is 0 Å². The van der Waals surface area contributed by atoms with E-state index < -0.39 is 0 Å². The Bertz CT molecular complexity index is 1330. The Morgan fingerprint density at radius 1 is 1.03 bits per heavy atom. The molecule has 0 radical (unpaired) electrons. The predicted molar refractivity (Wildman–Crippen MR) is 123 cm³/mol. The molecular weight excluding hydrogens is 378 g/mol. The van der Waals surface area contributed by atoms with Gasteiger partial charge in [-0.25, -0.2) is 4.52 Å². The number of hydrogen-bond donors (Lipinski definition) is 0. The topological polar surface area (TPSA) is 43.3 Å².